The van der Waals surface area contributed by atoms with E-state index >= 15 is 0 Å². The molecule has 2 rings (SSSR count). The molecule has 1 aliphatic rings. The summed E-state index contributed by atoms with van der Waals surface area (Å²) in [4.78, 5) is 0. The number of aromatic amines is 1. The highest BCUT2D eigenvalue weighted by molar-refractivity contribution is 5.08. The van der Waals surface area contributed by atoms with Crippen LogP contribution in [0.15, 0.2) is 6.07 Å². The zero-order valence-electron chi connectivity index (χ0n) is 10.9. The average Bonchev–Trinajstić information content (AvgIpc) is 2.82. The zero-order chi connectivity index (χ0) is 12.5. The van der Waals surface area contributed by atoms with Crippen LogP contribution < -0.4 is 21.3 Å². The molecule has 6 nitrogen and oxygen atoms in total. The SMILES string of the molecule is c1c2n[nH]c1CNCCNCCCNCCNC2. The molecule has 1 aliphatic heterocycles. The van der Waals surface area contributed by atoms with Gasteiger partial charge in [0.05, 0.1) is 5.69 Å². The Bertz CT molecular complexity index is 296. The smallest absolute Gasteiger partial charge is 0.0763 e. The molecule has 0 saturated heterocycles. The van der Waals surface area contributed by atoms with Crippen LogP contribution in [-0.4, -0.2) is 49.5 Å². The highest BCUT2D eigenvalue weighted by Gasteiger charge is 2.01. The van der Waals surface area contributed by atoms with Crippen molar-refractivity contribution >= 4 is 0 Å². The maximum atomic E-state index is 4.28. The molecular weight excluding hydrogens is 228 g/mol. The summed E-state index contributed by atoms with van der Waals surface area (Å²) in [6.07, 6.45) is 1.18. The summed E-state index contributed by atoms with van der Waals surface area (Å²) in [5.41, 5.74) is 2.23. The van der Waals surface area contributed by atoms with Gasteiger partial charge in [-0.3, -0.25) is 5.10 Å². The number of rotatable bonds is 0. The molecule has 0 aliphatic carbocycles. The van der Waals surface area contributed by atoms with Gasteiger partial charge in [0.15, 0.2) is 0 Å². The summed E-state index contributed by atoms with van der Waals surface area (Å²) in [5, 5.41) is 21.0. The molecule has 0 unspecified atom stereocenters. The first-order chi connectivity index (χ1) is 8.95. The predicted molar refractivity (Wildman–Crippen MR) is 72.4 cm³/mol. The predicted octanol–water partition coefficient (Wildman–Crippen LogP) is -0.828. The van der Waals surface area contributed by atoms with Crippen LogP contribution in [0.5, 0.6) is 0 Å². The van der Waals surface area contributed by atoms with E-state index in [-0.39, 0.29) is 0 Å². The van der Waals surface area contributed by atoms with Crippen molar-refractivity contribution in [1.29, 1.82) is 0 Å². The van der Waals surface area contributed by atoms with Crippen molar-refractivity contribution in [3.05, 3.63) is 17.5 Å². The molecule has 1 aromatic rings. The van der Waals surface area contributed by atoms with Crippen LogP contribution in [0.1, 0.15) is 17.8 Å². The fraction of sp³-hybridized carbons (Fsp3) is 0.750. The highest BCUT2D eigenvalue weighted by Crippen LogP contribution is 1.98. The molecule has 1 aromatic heterocycles. The van der Waals surface area contributed by atoms with Crippen LogP contribution in [0, 0.1) is 0 Å². The summed E-state index contributed by atoms with van der Waals surface area (Å²) in [7, 11) is 0. The van der Waals surface area contributed by atoms with Gasteiger partial charge in [-0.05, 0) is 25.6 Å². The Hall–Kier alpha value is -0.950. The molecule has 102 valence electrons. The Kier molecular flexibility index (Phi) is 6.14. The number of H-pyrrole nitrogens is 1. The molecule has 0 fully saturated rings. The van der Waals surface area contributed by atoms with E-state index in [0.29, 0.717) is 0 Å². The van der Waals surface area contributed by atoms with E-state index < -0.39 is 0 Å². The van der Waals surface area contributed by atoms with Gasteiger partial charge in [0.25, 0.3) is 0 Å². The molecule has 5 N–H and O–H groups in total. The standard InChI is InChI=1S/C12H24N6/c1-2-13-4-6-15-9-11-8-12(18-17-11)10-16-7-5-14-3-1/h8,13-16H,1-7,9-10H2,(H,17,18). The minimum atomic E-state index is 0.833. The summed E-state index contributed by atoms with van der Waals surface area (Å²) in [6, 6.07) is 2.12. The molecule has 0 atom stereocenters. The molecule has 0 amide bonds. The fourth-order valence-corrected chi connectivity index (χ4v) is 1.97. The van der Waals surface area contributed by atoms with Crippen LogP contribution in [-0.2, 0) is 13.1 Å². The second kappa shape index (κ2) is 8.20. The highest BCUT2D eigenvalue weighted by atomic mass is 15.1. The quantitative estimate of drug-likeness (QED) is 0.417. The minimum Gasteiger partial charge on any atom is -0.315 e. The summed E-state index contributed by atoms with van der Waals surface area (Å²) in [5.74, 6) is 0. The maximum absolute atomic E-state index is 4.28. The third kappa shape index (κ3) is 5.14. The lowest BCUT2D eigenvalue weighted by molar-refractivity contribution is 0.557. The number of aromatic nitrogens is 2. The van der Waals surface area contributed by atoms with E-state index in [0.717, 1.165) is 63.7 Å². The minimum absolute atomic E-state index is 0.833. The van der Waals surface area contributed by atoms with E-state index in [1.807, 2.05) is 0 Å². The Morgan fingerprint density at radius 2 is 1.44 bits per heavy atom. The van der Waals surface area contributed by atoms with Gasteiger partial charge < -0.3 is 21.3 Å². The number of hydrogen-bond donors (Lipinski definition) is 5. The van der Waals surface area contributed by atoms with Crippen molar-refractivity contribution in [2.45, 2.75) is 19.5 Å². The first-order valence-electron chi connectivity index (χ1n) is 6.81. The molecule has 0 saturated carbocycles. The summed E-state index contributed by atoms with van der Waals surface area (Å²) < 4.78 is 0. The van der Waals surface area contributed by atoms with Crippen molar-refractivity contribution in [3.8, 4) is 0 Å². The molecule has 0 aromatic carbocycles. The third-order valence-corrected chi connectivity index (χ3v) is 2.97. The summed E-state index contributed by atoms with van der Waals surface area (Å²) >= 11 is 0. The number of fused-ring (bicyclic) bond motifs is 2. The molecule has 0 radical (unpaired) electrons. The number of hydrogen-bond acceptors (Lipinski definition) is 5. The van der Waals surface area contributed by atoms with Crippen LogP contribution in [0.4, 0.5) is 0 Å². The Morgan fingerprint density at radius 3 is 2.22 bits per heavy atom. The Balaban J connectivity index is 1.77. The lowest BCUT2D eigenvalue weighted by Gasteiger charge is -2.08. The van der Waals surface area contributed by atoms with Crippen molar-refractivity contribution in [2.75, 3.05) is 39.3 Å². The van der Waals surface area contributed by atoms with E-state index in [1.165, 1.54) is 6.42 Å². The average molecular weight is 252 g/mol. The molecule has 18 heavy (non-hydrogen) atoms. The molecule has 0 spiro atoms. The number of nitrogens with zero attached hydrogens (tertiary/aromatic N) is 1. The van der Waals surface area contributed by atoms with Gasteiger partial charge in [0.2, 0.25) is 0 Å². The van der Waals surface area contributed by atoms with E-state index in [4.69, 9.17) is 0 Å². The van der Waals surface area contributed by atoms with Crippen LogP contribution in [0.25, 0.3) is 0 Å². The van der Waals surface area contributed by atoms with Gasteiger partial charge in [-0.2, -0.15) is 5.10 Å². The van der Waals surface area contributed by atoms with Crippen LogP contribution in [0.3, 0.4) is 0 Å². The van der Waals surface area contributed by atoms with E-state index in [1.54, 1.807) is 0 Å². The van der Waals surface area contributed by atoms with Crippen molar-refractivity contribution in [1.82, 2.24) is 31.5 Å². The van der Waals surface area contributed by atoms with Gasteiger partial charge in [-0.1, -0.05) is 0 Å². The lowest BCUT2D eigenvalue weighted by atomic mass is 10.3. The fourth-order valence-electron chi connectivity index (χ4n) is 1.97. The molecule has 6 heteroatoms. The maximum Gasteiger partial charge on any atom is 0.0763 e. The summed E-state index contributed by atoms with van der Waals surface area (Å²) in [6.45, 7) is 7.84. The monoisotopic (exact) mass is 252 g/mol. The third-order valence-electron chi connectivity index (χ3n) is 2.97. The molecule has 2 bridgehead atoms. The van der Waals surface area contributed by atoms with Crippen molar-refractivity contribution < 1.29 is 0 Å². The van der Waals surface area contributed by atoms with E-state index in [2.05, 4.69) is 37.5 Å². The number of nitrogens with one attached hydrogen (secondary N) is 5. The Labute approximate surface area is 108 Å². The van der Waals surface area contributed by atoms with Crippen LogP contribution >= 0.6 is 0 Å². The van der Waals surface area contributed by atoms with Crippen molar-refractivity contribution in [2.24, 2.45) is 0 Å². The molecule has 2 heterocycles. The largest absolute Gasteiger partial charge is 0.315 e. The van der Waals surface area contributed by atoms with Gasteiger partial charge in [-0.25, -0.2) is 0 Å². The topological polar surface area (TPSA) is 76.8 Å². The first kappa shape index (κ1) is 13.5. The molecular formula is C12H24N6. The zero-order valence-corrected chi connectivity index (χ0v) is 10.9. The van der Waals surface area contributed by atoms with Gasteiger partial charge in [0, 0.05) is 45.0 Å². The normalized spacial score (nSPS) is 20.7. The van der Waals surface area contributed by atoms with E-state index in [9.17, 15) is 0 Å². The first-order valence-corrected chi connectivity index (χ1v) is 6.81. The van der Waals surface area contributed by atoms with Gasteiger partial charge in [0.1, 0.15) is 0 Å². The van der Waals surface area contributed by atoms with Crippen molar-refractivity contribution in [3.63, 3.8) is 0 Å². The Morgan fingerprint density at radius 1 is 0.778 bits per heavy atom. The van der Waals surface area contributed by atoms with Gasteiger partial charge in [-0.15, -0.1) is 0 Å². The lowest BCUT2D eigenvalue weighted by Crippen LogP contribution is -2.31. The second-order valence-electron chi connectivity index (χ2n) is 4.59. The second-order valence-corrected chi connectivity index (χ2v) is 4.59. The van der Waals surface area contributed by atoms with Crippen LogP contribution in [0.2, 0.25) is 0 Å². The van der Waals surface area contributed by atoms with Gasteiger partial charge >= 0.3 is 0 Å².